The highest BCUT2D eigenvalue weighted by Gasteiger charge is 2.29. The van der Waals surface area contributed by atoms with Gasteiger partial charge in [-0.1, -0.05) is 30.3 Å². The van der Waals surface area contributed by atoms with Gasteiger partial charge in [0.25, 0.3) is 5.56 Å². The van der Waals surface area contributed by atoms with Gasteiger partial charge in [-0.15, -0.1) is 0 Å². The summed E-state index contributed by atoms with van der Waals surface area (Å²) in [5, 5.41) is 11.5. The molecule has 0 radical (unpaired) electrons. The second-order valence-corrected chi connectivity index (χ2v) is 9.59. The van der Waals surface area contributed by atoms with Crippen LogP contribution in [0.1, 0.15) is 17.9 Å². The largest absolute Gasteiger partial charge is 0.494 e. The zero-order valence-corrected chi connectivity index (χ0v) is 22.5. The van der Waals surface area contributed by atoms with Crippen LogP contribution in [0.5, 0.6) is 11.5 Å². The third kappa shape index (κ3) is 4.86. The average molecular weight is 567 g/mol. The number of para-hydroxylation sites is 1. The van der Waals surface area contributed by atoms with E-state index < -0.39 is 17.2 Å². The number of likely N-dealkylation sites (tertiary alicyclic amines) is 1. The van der Waals surface area contributed by atoms with E-state index in [0.29, 0.717) is 35.6 Å². The van der Waals surface area contributed by atoms with Gasteiger partial charge in [0.05, 0.1) is 19.6 Å². The lowest BCUT2D eigenvalue weighted by molar-refractivity contribution is 0.321. The number of aliphatic hydroxyl groups is 1. The number of hydrogen-bond acceptors (Lipinski definition) is 7. The highest BCUT2D eigenvalue weighted by atomic mass is 35.5. The van der Waals surface area contributed by atoms with Gasteiger partial charge >= 0.3 is 0 Å². The summed E-state index contributed by atoms with van der Waals surface area (Å²) in [6, 6.07) is 11.7. The smallest absolute Gasteiger partial charge is 0.271 e. The van der Waals surface area contributed by atoms with E-state index in [-0.39, 0.29) is 45.6 Å². The Balaban J connectivity index is 1.73. The van der Waals surface area contributed by atoms with Crippen LogP contribution in [0.2, 0.25) is 5.15 Å². The van der Waals surface area contributed by atoms with Crippen molar-refractivity contribution in [2.45, 2.75) is 12.3 Å². The fourth-order valence-electron chi connectivity index (χ4n) is 4.95. The van der Waals surface area contributed by atoms with Crippen molar-refractivity contribution in [3.63, 3.8) is 0 Å². The van der Waals surface area contributed by atoms with E-state index in [1.165, 1.54) is 37.1 Å². The van der Waals surface area contributed by atoms with E-state index >= 15 is 0 Å². The highest BCUT2D eigenvalue weighted by molar-refractivity contribution is 6.29. The zero-order valence-electron chi connectivity index (χ0n) is 21.7. The van der Waals surface area contributed by atoms with Gasteiger partial charge in [0.1, 0.15) is 45.0 Å². The fourth-order valence-corrected chi connectivity index (χ4v) is 5.06. The molecule has 0 amide bonds. The number of pyridine rings is 1. The number of nitrogens with zero attached hydrogens (tertiary/aromatic N) is 4. The molecule has 3 heterocycles. The van der Waals surface area contributed by atoms with E-state index in [1.807, 2.05) is 0 Å². The molecule has 11 heteroatoms. The van der Waals surface area contributed by atoms with Gasteiger partial charge < -0.3 is 19.5 Å². The van der Waals surface area contributed by atoms with Crippen LogP contribution in [-0.2, 0) is 0 Å². The van der Waals surface area contributed by atoms with Gasteiger partial charge in [-0.25, -0.2) is 18.7 Å². The predicted octanol–water partition coefficient (Wildman–Crippen LogP) is 3.77. The van der Waals surface area contributed by atoms with E-state index in [2.05, 4.69) is 16.5 Å². The van der Waals surface area contributed by atoms with Gasteiger partial charge in [-0.3, -0.25) is 9.36 Å². The Morgan fingerprint density at radius 2 is 1.85 bits per heavy atom. The quantitative estimate of drug-likeness (QED) is 0.355. The molecule has 2 aromatic carbocycles. The van der Waals surface area contributed by atoms with Crippen LogP contribution in [0.4, 0.5) is 8.78 Å². The summed E-state index contributed by atoms with van der Waals surface area (Å²) >= 11 is 5.99. The number of hydrogen-bond donors (Lipinski definition) is 1. The first-order valence-electron chi connectivity index (χ1n) is 12.3. The molecule has 1 saturated heterocycles. The number of ether oxygens (including phenoxy) is 2. The average Bonchev–Trinajstić information content (AvgIpc) is 3.43. The molecule has 1 N–H and O–H groups in total. The van der Waals surface area contributed by atoms with Crippen LogP contribution < -0.4 is 25.6 Å². The monoisotopic (exact) mass is 566 g/mol. The molecule has 1 aliphatic rings. The standard InChI is InChI=1S/C29H25ClF2N4O4/c1-16-25(28(37)35-12-11-18(15-35)20-9-8-19(31)13-21(20)32)29(38)36(26-22(39-2)5-4-6-23(26)40-3)27(34-16)17-7-10-24(30)33-14-17/h4-10,13-14,18,37H,1,11-12,15H2,2-3H3. The van der Waals surface area contributed by atoms with Crippen LogP contribution >= 0.6 is 11.6 Å². The van der Waals surface area contributed by atoms with Crippen molar-refractivity contribution in [3.8, 4) is 28.6 Å². The van der Waals surface area contributed by atoms with Crippen molar-refractivity contribution in [1.82, 2.24) is 19.4 Å². The van der Waals surface area contributed by atoms with Crippen LogP contribution in [0, 0.1) is 11.6 Å². The van der Waals surface area contributed by atoms with Gasteiger partial charge in [-0.05, 0) is 42.3 Å². The fraction of sp³-hybridized carbons (Fsp3) is 0.207. The number of benzene rings is 2. The first kappa shape index (κ1) is 27.1. The molecule has 0 bridgehead atoms. The molecule has 1 atom stereocenters. The lowest BCUT2D eigenvalue weighted by Crippen LogP contribution is -2.50. The summed E-state index contributed by atoms with van der Waals surface area (Å²) in [5.74, 6) is -1.18. The lowest BCUT2D eigenvalue weighted by atomic mass is 9.98. The van der Waals surface area contributed by atoms with Crippen LogP contribution in [0.15, 0.2) is 59.5 Å². The SMILES string of the molecule is C=c1nc(-c2ccc(Cl)nc2)n(-c2c(OC)cccc2OC)c(=O)c1=C(O)N1CCC(c2ccc(F)cc2F)C1. The van der Waals surface area contributed by atoms with E-state index in [9.17, 15) is 18.7 Å². The molecule has 8 nitrogen and oxygen atoms in total. The summed E-state index contributed by atoms with van der Waals surface area (Å²) in [7, 11) is 2.92. The second kappa shape index (κ2) is 11.0. The van der Waals surface area contributed by atoms with Crippen molar-refractivity contribution in [2.75, 3.05) is 27.3 Å². The van der Waals surface area contributed by atoms with Crippen LogP contribution in [-0.4, -0.2) is 51.9 Å². The molecule has 1 fully saturated rings. The van der Waals surface area contributed by atoms with E-state index in [0.717, 1.165) is 6.07 Å². The molecule has 0 spiro atoms. The van der Waals surface area contributed by atoms with Gasteiger partial charge in [0.2, 0.25) is 5.88 Å². The molecular weight excluding hydrogens is 542 g/mol. The Hall–Kier alpha value is -4.44. The Morgan fingerprint density at radius 3 is 2.48 bits per heavy atom. The molecule has 206 valence electrons. The minimum Gasteiger partial charge on any atom is -0.494 e. The molecular formula is C29H25ClF2N4O4. The topological polar surface area (TPSA) is 89.7 Å². The maximum atomic E-state index is 14.5. The normalized spacial score (nSPS) is 15.7. The van der Waals surface area contributed by atoms with Crippen LogP contribution in [0.25, 0.3) is 29.5 Å². The summed E-state index contributed by atoms with van der Waals surface area (Å²) < 4.78 is 40.3. The van der Waals surface area contributed by atoms with E-state index in [4.69, 9.17) is 21.1 Å². The number of halogens is 3. The molecule has 2 aromatic heterocycles. The summed E-state index contributed by atoms with van der Waals surface area (Å²) in [6.45, 7) is 4.48. The Kier molecular flexibility index (Phi) is 7.44. The first-order valence-corrected chi connectivity index (χ1v) is 12.7. The zero-order chi connectivity index (χ0) is 28.6. The third-order valence-electron chi connectivity index (χ3n) is 6.88. The third-order valence-corrected chi connectivity index (χ3v) is 7.11. The van der Waals surface area contributed by atoms with Gasteiger partial charge in [0, 0.05) is 36.8 Å². The minimum absolute atomic E-state index is 0.0222. The summed E-state index contributed by atoms with van der Waals surface area (Å²) in [5.41, 5.74) is 0.420. The van der Waals surface area contributed by atoms with Crippen molar-refractivity contribution in [3.05, 3.63) is 98.0 Å². The second-order valence-electron chi connectivity index (χ2n) is 9.20. The predicted molar refractivity (Wildman–Crippen MR) is 147 cm³/mol. The summed E-state index contributed by atoms with van der Waals surface area (Å²) in [6.07, 6.45) is 1.95. The molecule has 0 aliphatic carbocycles. The van der Waals surface area contributed by atoms with Gasteiger partial charge in [0.15, 0.2) is 0 Å². The van der Waals surface area contributed by atoms with Gasteiger partial charge in [-0.2, -0.15) is 0 Å². The maximum absolute atomic E-state index is 14.5. The number of aromatic nitrogens is 3. The highest BCUT2D eigenvalue weighted by Crippen LogP contribution is 2.34. The van der Waals surface area contributed by atoms with E-state index in [1.54, 1.807) is 35.2 Å². The van der Waals surface area contributed by atoms with Crippen LogP contribution in [0.3, 0.4) is 0 Å². The molecule has 40 heavy (non-hydrogen) atoms. The number of aliphatic hydroxyl groups excluding tert-OH is 1. The number of rotatable bonds is 6. The number of methoxy groups -OCH3 is 2. The van der Waals surface area contributed by atoms with Crippen molar-refractivity contribution >= 4 is 24.1 Å². The van der Waals surface area contributed by atoms with Crippen molar-refractivity contribution < 1.29 is 23.4 Å². The Morgan fingerprint density at radius 1 is 1.12 bits per heavy atom. The molecule has 4 aromatic rings. The van der Waals surface area contributed by atoms with Crippen molar-refractivity contribution in [2.24, 2.45) is 0 Å². The Labute approximate surface area is 233 Å². The molecule has 0 saturated carbocycles. The molecule has 5 rings (SSSR count). The Bertz CT molecular complexity index is 1740. The lowest BCUT2D eigenvalue weighted by Gasteiger charge is -2.20. The maximum Gasteiger partial charge on any atom is 0.271 e. The van der Waals surface area contributed by atoms with Crippen molar-refractivity contribution in [1.29, 1.82) is 0 Å². The molecule has 1 aliphatic heterocycles. The molecule has 1 unspecified atom stereocenters. The first-order chi connectivity index (χ1) is 19.2. The minimum atomic E-state index is -0.665. The summed E-state index contributed by atoms with van der Waals surface area (Å²) in [4.78, 5) is 24.5.